The van der Waals surface area contributed by atoms with Crippen LogP contribution in [0.3, 0.4) is 0 Å². The topological polar surface area (TPSA) is 17.8 Å². The first-order valence-electron chi connectivity index (χ1n) is 9.33. The Labute approximate surface area is 157 Å². The zero-order valence-corrected chi connectivity index (χ0v) is 15.3. The van der Waals surface area contributed by atoms with Crippen LogP contribution in [0.2, 0.25) is 0 Å². The molecule has 0 N–H and O–H groups in total. The maximum absolute atomic E-state index is 4.76. The molecule has 0 aliphatic rings. The van der Waals surface area contributed by atoms with Crippen LogP contribution < -0.4 is 0 Å². The van der Waals surface area contributed by atoms with Crippen molar-refractivity contribution < 1.29 is 0 Å². The Bertz CT molecular complexity index is 1490. The van der Waals surface area contributed by atoms with E-state index in [1.807, 2.05) is 12.3 Å². The maximum Gasteiger partial charge on any atom is 0.0787 e. The van der Waals surface area contributed by atoms with E-state index >= 15 is 0 Å². The van der Waals surface area contributed by atoms with Crippen molar-refractivity contribution in [3.63, 3.8) is 0 Å². The van der Waals surface area contributed by atoms with Gasteiger partial charge in [0.2, 0.25) is 0 Å². The summed E-state index contributed by atoms with van der Waals surface area (Å²) in [6.07, 6.45) is 1.90. The second-order valence-electron chi connectivity index (χ2n) is 7.43. The van der Waals surface area contributed by atoms with E-state index in [0.717, 1.165) is 5.52 Å². The maximum atomic E-state index is 4.76. The van der Waals surface area contributed by atoms with Crippen molar-refractivity contribution in [2.75, 3.05) is 0 Å². The van der Waals surface area contributed by atoms with Gasteiger partial charge in [0.1, 0.15) is 0 Å². The van der Waals surface area contributed by atoms with Crippen LogP contribution in [-0.2, 0) is 0 Å². The van der Waals surface area contributed by atoms with E-state index in [0.29, 0.717) is 0 Å². The Morgan fingerprint density at radius 3 is 2.41 bits per heavy atom. The van der Waals surface area contributed by atoms with Crippen LogP contribution in [0, 0.1) is 13.8 Å². The molecule has 2 heterocycles. The summed E-state index contributed by atoms with van der Waals surface area (Å²) in [6, 6.07) is 24.1. The summed E-state index contributed by atoms with van der Waals surface area (Å²) in [4.78, 5) is 4.76. The number of fused-ring (bicyclic) bond motifs is 3. The highest BCUT2D eigenvalue weighted by Gasteiger charge is 2.20. The Hall–Kier alpha value is -3.39. The Balaban J connectivity index is 2.00. The lowest BCUT2D eigenvalue weighted by molar-refractivity contribution is 1.15. The first-order chi connectivity index (χ1) is 13.2. The molecule has 2 aromatic heterocycles. The van der Waals surface area contributed by atoms with E-state index in [1.165, 1.54) is 54.8 Å². The number of aromatic nitrogens is 2. The van der Waals surface area contributed by atoms with Crippen LogP contribution in [-0.4, -0.2) is 9.55 Å². The largest absolute Gasteiger partial charge is 0.309 e. The summed E-state index contributed by atoms with van der Waals surface area (Å²) in [7, 11) is 0. The zero-order valence-electron chi connectivity index (χ0n) is 15.3. The molecule has 27 heavy (non-hydrogen) atoms. The monoisotopic (exact) mass is 346 g/mol. The quantitative estimate of drug-likeness (QED) is 0.309. The van der Waals surface area contributed by atoms with E-state index in [2.05, 4.69) is 79.1 Å². The third-order valence-corrected chi connectivity index (χ3v) is 5.75. The first-order valence-corrected chi connectivity index (χ1v) is 9.33. The van der Waals surface area contributed by atoms with Gasteiger partial charge in [-0.2, -0.15) is 0 Å². The van der Waals surface area contributed by atoms with Crippen molar-refractivity contribution in [1.82, 2.24) is 9.55 Å². The van der Waals surface area contributed by atoms with Crippen molar-refractivity contribution in [2.24, 2.45) is 0 Å². The summed E-state index contributed by atoms with van der Waals surface area (Å²) in [5, 5.41) is 6.41. The molecular weight excluding hydrogens is 328 g/mol. The smallest absolute Gasteiger partial charge is 0.0787 e. The van der Waals surface area contributed by atoms with Crippen LogP contribution in [0.5, 0.6) is 0 Å². The molecule has 128 valence electrons. The van der Waals surface area contributed by atoms with Crippen molar-refractivity contribution >= 4 is 43.5 Å². The molecule has 0 spiro atoms. The van der Waals surface area contributed by atoms with Gasteiger partial charge in [0.15, 0.2) is 0 Å². The highest BCUT2D eigenvalue weighted by Crippen LogP contribution is 2.43. The van der Waals surface area contributed by atoms with Gasteiger partial charge in [0.25, 0.3) is 0 Å². The molecule has 0 atom stereocenters. The molecule has 0 saturated heterocycles. The highest BCUT2D eigenvalue weighted by atomic mass is 15.0. The second-order valence-corrected chi connectivity index (χ2v) is 7.43. The van der Waals surface area contributed by atoms with Gasteiger partial charge in [0, 0.05) is 33.4 Å². The molecule has 0 amide bonds. The molecule has 0 fully saturated rings. The van der Waals surface area contributed by atoms with Crippen LogP contribution in [0.4, 0.5) is 0 Å². The van der Waals surface area contributed by atoms with E-state index in [1.54, 1.807) is 0 Å². The number of hydrogen-bond acceptors (Lipinski definition) is 1. The van der Waals surface area contributed by atoms with Crippen molar-refractivity contribution in [1.29, 1.82) is 0 Å². The minimum Gasteiger partial charge on any atom is -0.309 e. The molecule has 2 nitrogen and oxygen atoms in total. The summed E-state index contributed by atoms with van der Waals surface area (Å²) in [5.41, 5.74) is 7.39. The molecule has 6 aromatic rings. The summed E-state index contributed by atoms with van der Waals surface area (Å²) in [5.74, 6) is 0. The van der Waals surface area contributed by atoms with Crippen LogP contribution >= 0.6 is 0 Å². The molecule has 0 radical (unpaired) electrons. The van der Waals surface area contributed by atoms with Gasteiger partial charge in [-0.15, -0.1) is 0 Å². The third kappa shape index (κ3) is 1.82. The number of hydrogen-bond donors (Lipinski definition) is 0. The van der Waals surface area contributed by atoms with Crippen LogP contribution in [0.1, 0.15) is 11.1 Å². The summed E-state index contributed by atoms with van der Waals surface area (Å²) < 4.78 is 2.42. The molecule has 4 aromatic carbocycles. The highest BCUT2D eigenvalue weighted by molar-refractivity contribution is 6.33. The molecule has 0 unspecified atom stereocenters. The molecule has 2 heteroatoms. The van der Waals surface area contributed by atoms with E-state index in [4.69, 9.17) is 4.98 Å². The van der Waals surface area contributed by atoms with Crippen molar-refractivity contribution in [2.45, 2.75) is 13.8 Å². The van der Waals surface area contributed by atoms with Gasteiger partial charge in [-0.25, -0.2) is 0 Å². The average molecular weight is 346 g/mol. The van der Waals surface area contributed by atoms with Gasteiger partial charge in [0.05, 0.1) is 16.6 Å². The Kier molecular flexibility index (Phi) is 2.77. The number of benzene rings is 4. The molecule has 0 aliphatic heterocycles. The molecule has 0 bridgehead atoms. The number of aryl methyl sites for hydroxylation is 2. The first kappa shape index (κ1) is 14.7. The molecule has 0 saturated carbocycles. The fraction of sp³-hybridized carbons (Fsp3) is 0.0800. The molecular formula is C25H18N2. The number of rotatable bonds is 1. The standard InChI is InChI=1S/C25H18N2/c1-15-13-19-24-22(14-15)27(20-10-4-3-7-16(20)2)21-11-5-8-17(23(21)24)18-9-6-12-26-25(18)19/h3-14H,1-2H3. The predicted molar refractivity (Wildman–Crippen MR) is 114 cm³/mol. The summed E-state index contributed by atoms with van der Waals surface area (Å²) >= 11 is 0. The minimum atomic E-state index is 1.09. The van der Waals surface area contributed by atoms with Gasteiger partial charge >= 0.3 is 0 Å². The van der Waals surface area contributed by atoms with Crippen LogP contribution in [0.15, 0.2) is 72.9 Å². The van der Waals surface area contributed by atoms with Gasteiger partial charge in [-0.3, -0.25) is 4.98 Å². The lowest BCUT2D eigenvalue weighted by atomic mass is 9.96. The lowest BCUT2D eigenvalue weighted by Gasteiger charge is -2.11. The number of para-hydroxylation sites is 1. The van der Waals surface area contributed by atoms with Gasteiger partial charge in [-0.05, 0) is 60.7 Å². The van der Waals surface area contributed by atoms with Gasteiger partial charge < -0.3 is 4.57 Å². The third-order valence-electron chi connectivity index (χ3n) is 5.75. The van der Waals surface area contributed by atoms with Crippen molar-refractivity contribution in [3.8, 4) is 5.69 Å². The predicted octanol–water partition coefficient (Wildman–Crippen LogP) is 6.54. The molecule has 6 rings (SSSR count). The Morgan fingerprint density at radius 1 is 0.704 bits per heavy atom. The SMILES string of the molecule is Cc1cc2c3ncccc3c3cccc4c3c2c(c1)n4-c1ccccc1C. The fourth-order valence-electron chi connectivity index (χ4n) is 4.65. The molecule has 0 aliphatic carbocycles. The van der Waals surface area contributed by atoms with Crippen LogP contribution in [0.25, 0.3) is 49.2 Å². The lowest BCUT2D eigenvalue weighted by Crippen LogP contribution is -1.96. The Morgan fingerprint density at radius 2 is 1.52 bits per heavy atom. The number of nitrogens with zero attached hydrogens (tertiary/aromatic N) is 2. The minimum absolute atomic E-state index is 1.09. The van der Waals surface area contributed by atoms with E-state index in [9.17, 15) is 0 Å². The fourth-order valence-corrected chi connectivity index (χ4v) is 4.65. The van der Waals surface area contributed by atoms with Crippen molar-refractivity contribution in [3.05, 3.63) is 84.1 Å². The number of pyridine rings is 1. The zero-order chi connectivity index (χ0) is 18.1. The second kappa shape index (κ2) is 5.08. The van der Waals surface area contributed by atoms with E-state index < -0.39 is 0 Å². The van der Waals surface area contributed by atoms with Gasteiger partial charge in [-0.1, -0.05) is 36.4 Å². The van der Waals surface area contributed by atoms with E-state index in [-0.39, 0.29) is 0 Å². The normalized spacial score (nSPS) is 12.1. The average Bonchev–Trinajstić information content (AvgIpc) is 3.02. The summed E-state index contributed by atoms with van der Waals surface area (Å²) in [6.45, 7) is 4.36.